The van der Waals surface area contributed by atoms with Crippen molar-refractivity contribution < 1.29 is 27.8 Å². The Morgan fingerprint density at radius 2 is 1.93 bits per heavy atom. The Kier molecular flexibility index (Phi) is 6.26. The highest BCUT2D eigenvalue weighted by atomic mass is 19.4. The quantitative estimate of drug-likeness (QED) is 0.634. The van der Waals surface area contributed by atoms with Crippen LogP contribution in [0.15, 0.2) is 48.5 Å². The number of benzene rings is 2. The molecule has 158 valence electrons. The molecule has 2 aromatic carbocycles. The first kappa shape index (κ1) is 21.6. The van der Waals surface area contributed by atoms with Crippen molar-refractivity contribution in [1.82, 2.24) is 10.3 Å². The lowest BCUT2D eigenvalue weighted by Gasteiger charge is -2.15. The number of carbonyl (C=O) groups excluding carboxylic acids is 1. The number of halogens is 3. The molecule has 0 saturated carbocycles. The highest BCUT2D eigenvalue weighted by Gasteiger charge is 2.30. The second-order valence-electron chi connectivity index (χ2n) is 7.03. The number of amides is 1. The molecule has 0 spiro atoms. The van der Waals surface area contributed by atoms with Gasteiger partial charge >= 0.3 is 6.18 Å². The number of carbonyl (C=O) groups is 1. The summed E-state index contributed by atoms with van der Waals surface area (Å²) in [4.78, 5) is 17.1. The number of aliphatic hydroxyl groups excluding tert-OH is 1. The van der Waals surface area contributed by atoms with Crippen molar-refractivity contribution in [2.75, 3.05) is 13.2 Å². The minimum Gasteiger partial charge on any atom is -0.491 e. The molecule has 0 bridgehead atoms. The van der Waals surface area contributed by atoms with Gasteiger partial charge in [-0.15, -0.1) is 0 Å². The number of nitrogens with zero attached hydrogens (tertiary/aromatic N) is 1. The molecule has 8 heteroatoms. The molecule has 1 heterocycles. The lowest BCUT2D eigenvalue weighted by atomic mass is 10.0. The van der Waals surface area contributed by atoms with Crippen molar-refractivity contribution in [1.29, 1.82) is 0 Å². The summed E-state index contributed by atoms with van der Waals surface area (Å²) in [6.07, 6.45) is -5.57. The van der Waals surface area contributed by atoms with Crippen LogP contribution < -0.4 is 10.1 Å². The zero-order chi connectivity index (χ0) is 21.9. The maximum atomic E-state index is 12.7. The van der Waals surface area contributed by atoms with Crippen molar-refractivity contribution in [2.45, 2.75) is 26.1 Å². The molecule has 1 atom stereocenters. The molecule has 0 saturated heterocycles. The van der Waals surface area contributed by atoms with E-state index in [0.29, 0.717) is 22.2 Å². The van der Waals surface area contributed by atoms with Gasteiger partial charge in [-0.3, -0.25) is 9.78 Å². The molecule has 3 aromatic rings. The number of hydrogen-bond donors (Lipinski definition) is 2. The second kappa shape index (κ2) is 8.71. The molecule has 5 nitrogen and oxygen atoms in total. The molecule has 0 radical (unpaired) electrons. The summed E-state index contributed by atoms with van der Waals surface area (Å²) in [6.45, 7) is 3.31. The van der Waals surface area contributed by atoms with Gasteiger partial charge in [-0.2, -0.15) is 13.2 Å². The molecule has 1 aromatic heterocycles. The first-order chi connectivity index (χ1) is 14.1. The smallest absolute Gasteiger partial charge is 0.416 e. The zero-order valence-electron chi connectivity index (χ0n) is 16.5. The van der Waals surface area contributed by atoms with Gasteiger partial charge < -0.3 is 15.2 Å². The van der Waals surface area contributed by atoms with Crippen LogP contribution in [0.5, 0.6) is 5.75 Å². The largest absolute Gasteiger partial charge is 0.491 e. The number of aryl methyl sites for hydroxylation is 2. The second-order valence-corrected chi connectivity index (χ2v) is 7.03. The first-order valence-electron chi connectivity index (χ1n) is 9.28. The number of fused-ring (bicyclic) bond motifs is 1. The first-order valence-corrected chi connectivity index (χ1v) is 9.28. The number of aromatic nitrogens is 1. The third-order valence-corrected chi connectivity index (χ3v) is 4.44. The molecule has 1 unspecified atom stereocenters. The van der Waals surface area contributed by atoms with Crippen molar-refractivity contribution >= 4 is 16.8 Å². The average Bonchev–Trinajstić information content (AvgIpc) is 2.69. The Balaban J connectivity index is 1.62. The molecule has 0 aliphatic heterocycles. The zero-order valence-corrected chi connectivity index (χ0v) is 16.5. The van der Waals surface area contributed by atoms with Gasteiger partial charge in [0, 0.05) is 17.6 Å². The third-order valence-electron chi connectivity index (χ3n) is 4.44. The lowest BCUT2D eigenvalue weighted by molar-refractivity contribution is -0.137. The Labute approximate surface area is 171 Å². The molecule has 30 heavy (non-hydrogen) atoms. The predicted octanol–water partition coefficient (Wildman–Crippen LogP) is 4.04. The molecule has 1 amide bonds. The van der Waals surface area contributed by atoms with Crippen molar-refractivity contribution in [3.8, 4) is 5.75 Å². The molecule has 3 rings (SSSR count). The van der Waals surface area contributed by atoms with Gasteiger partial charge in [0.2, 0.25) is 0 Å². The minimum atomic E-state index is -4.48. The van der Waals surface area contributed by atoms with E-state index in [0.717, 1.165) is 17.7 Å². The summed E-state index contributed by atoms with van der Waals surface area (Å²) in [5.74, 6) is -0.393. The van der Waals surface area contributed by atoms with Gasteiger partial charge in [0.05, 0.1) is 16.6 Å². The van der Waals surface area contributed by atoms with E-state index < -0.39 is 17.8 Å². The normalized spacial score (nSPS) is 12.6. The van der Waals surface area contributed by atoms with Gasteiger partial charge in [-0.1, -0.05) is 17.7 Å². The van der Waals surface area contributed by atoms with Crippen LogP contribution in [0.25, 0.3) is 10.9 Å². The van der Waals surface area contributed by atoms with E-state index in [1.807, 2.05) is 25.1 Å². The fourth-order valence-corrected chi connectivity index (χ4v) is 2.98. The molecule has 0 fully saturated rings. The highest BCUT2D eigenvalue weighted by Crippen LogP contribution is 2.31. The number of alkyl halides is 3. The summed E-state index contributed by atoms with van der Waals surface area (Å²) >= 11 is 0. The maximum Gasteiger partial charge on any atom is 0.416 e. The Morgan fingerprint density at radius 1 is 1.17 bits per heavy atom. The van der Waals surface area contributed by atoms with Gasteiger partial charge in [0.15, 0.2) is 0 Å². The van der Waals surface area contributed by atoms with Crippen LogP contribution in [0.4, 0.5) is 13.2 Å². The Morgan fingerprint density at radius 3 is 2.67 bits per heavy atom. The van der Waals surface area contributed by atoms with E-state index in [2.05, 4.69) is 10.3 Å². The summed E-state index contributed by atoms with van der Waals surface area (Å²) in [6, 6.07) is 11.7. The average molecular weight is 418 g/mol. The Bertz CT molecular complexity index is 1070. The molecular weight excluding hydrogens is 397 g/mol. The van der Waals surface area contributed by atoms with E-state index in [1.165, 1.54) is 12.1 Å². The Hall–Kier alpha value is -3.13. The maximum absolute atomic E-state index is 12.7. The van der Waals surface area contributed by atoms with Crippen molar-refractivity contribution in [3.05, 3.63) is 70.9 Å². The lowest BCUT2D eigenvalue weighted by Crippen LogP contribution is -2.35. The summed E-state index contributed by atoms with van der Waals surface area (Å²) in [7, 11) is 0. The summed E-state index contributed by atoms with van der Waals surface area (Å²) in [5.41, 5.74) is 1.96. The highest BCUT2D eigenvalue weighted by molar-refractivity contribution is 6.06. The number of nitrogens with one attached hydrogen (secondary N) is 1. The number of rotatable bonds is 6. The number of aliphatic hydroxyl groups is 1. The molecule has 0 aliphatic carbocycles. The summed E-state index contributed by atoms with van der Waals surface area (Å²) < 4.78 is 43.5. The van der Waals surface area contributed by atoms with Crippen LogP contribution >= 0.6 is 0 Å². The third kappa shape index (κ3) is 5.27. The number of hydrogen-bond acceptors (Lipinski definition) is 4. The van der Waals surface area contributed by atoms with Gasteiger partial charge in [-0.25, -0.2) is 0 Å². The van der Waals surface area contributed by atoms with E-state index in [-0.39, 0.29) is 24.8 Å². The van der Waals surface area contributed by atoms with Crippen molar-refractivity contribution in [2.24, 2.45) is 0 Å². The van der Waals surface area contributed by atoms with Crippen LogP contribution in [-0.4, -0.2) is 35.3 Å². The predicted molar refractivity (Wildman–Crippen MR) is 106 cm³/mol. The van der Waals surface area contributed by atoms with Gasteiger partial charge in [0.1, 0.15) is 18.5 Å². The number of pyridine rings is 1. The summed E-state index contributed by atoms with van der Waals surface area (Å²) in [5, 5.41) is 13.4. The van der Waals surface area contributed by atoms with Gasteiger partial charge in [0.25, 0.3) is 5.91 Å². The van der Waals surface area contributed by atoms with Gasteiger partial charge in [-0.05, 0) is 50.2 Å². The van der Waals surface area contributed by atoms with Crippen molar-refractivity contribution in [3.63, 3.8) is 0 Å². The van der Waals surface area contributed by atoms with E-state index in [1.54, 1.807) is 13.0 Å². The molecular formula is C22H21F3N2O3. The van der Waals surface area contributed by atoms with E-state index in [9.17, 15) is 23.1 Å². The number of ether oxygens (including phenoxy) is 1. The molecule has 0 aliphatic rings. The monoisotopic (exact) mass is 418 g/mol. The van der Waals surface area contributed by atoms with E-state index >= 15 is 0 Å². The van der Waals surface area contributed by atoms with Crippen LogP contribution in [0, 0.1) is 13.8 Å². The van der Waals surface area contributed by atoms with Crippen LogP contribution in [0.1, 0.15) is 27.2 Å². The van der Waals surface area contributed by atoms with Crippen LogP contribution in [0.2, 0.25) is 0 Å². The van der Waals surface area contributed by atoms with Crippen LogP contribution in [0.3, 0.4) is 0 Å². The molecule has 2 N–H and O–H groups in total. The van der Waals surface area contributed by atoms with Crippen LogP contribution in [-0.2, 0) is 6.18 Å². The topological polar surface area (TPSA) is 71.5 Å². The standard InChI is InChI=1S/C22H21F3N2O3/c1-13-6-7-20-18(8-13)19(9-14(2)27-20)21(29)26-11-16(28)12-30-17-5-3-4-15(10-17)22(23,24)25/h3-10,16,28H,11-12H2,1-2H3,(H,26,29). The fraction of sp³-hybridized carbons (Fsp3) is 0.273. The minimum absolute atomic E-state index is 0.0126. The van der Waals surface area contributed by atoms with E-state index in [4.69, 9.17) is 4.74 Å². The SMILES string of the molecule is Cc1ccc2nc(C)cc(C(=O)NCC(O)COc3cccc(C(F)(F)F)c3)c2c1. The fourth-order valence-electron chi connectivity index (χ4n) is 2.98.